The van der Waals surface area contributed by atoms with Crippen LogP contribution in [0, 0.1) is 0 Å². The second-order valence-electron chi connectivity index (χ2n) is 5.17. The minimum absolute atomic E-state index is 0.0872. The van der Waals surface area contributed by atoms with Crippen LogP contribution < -0.4 is 19.7 Å². The van der Waals surface area contributed by atoms with Crippen molar-refractivity contribution in [1.29, 1.82) is 0 Å². The normalized spacial score (nSPS) is 10.0. The van der Waals surface area contributed by atoms with Crippen LogP contribution in [0.2, 0.25) is 5.02 Å². The number of nitrogens with zero attached hydrogens (tertiary/aromatic N) is 1. The molecule has 1 amide bonds. The number of amides is 1. The van der Waals surface area contributed by atoms with Gasteiger partial charge in [-0.05, 0) is 12.1 Å². The molecule has 0 atom stereocenters. The Labute approximate surface area is 152 Å². The van der Waals surface area contributed by atoms with Crippen LogP contribution in [0.4, 0.5) is 11.4 Å². The van der Waals surface area contributed by atoms with E-state index in [4.69, 9.17) is 21.1 Å². The number of ether oxygens (including phenoxy) is 2. The summed E-state index contributed by atoms with van der Waals surface area (Å²) in [4.78, 5) is 14.3. The van der Waals surface area contributed by atoms with E-state index in [0.717, 1.165) is 5.69 Å². The van der Waals surface area contributed by atoms with Gasteiger partial charge < -0.3 is 19.7 Å². The van der Waals surface area contributed by atoms with Crippen molar-refractivity contribution in [3.8, 4) is 11.5 Å². The summed E-state index contributed by atoms with van der Waals surface area (Å²) in [5, 5.41) is 3.52. The van der Waals surface area contributed by atoms with Crippen molar-refractivity contribution in [2.75, 3.05) is 37.5 Å². The van der Waals surface area contributed by atoms with Crippen LogP contribution in [0.25, 0.3) is 0 Å². The topological polar surface area (TPSA) is 50.8 Å². The third-order valence-electron chi connectivity index (χ3n) is 3.58. The number of hydrogen-bond acceptors (Lipinski definition) is 4. The van der Waals surface area contributed by atoms with Crippen LogP contribution in [0.1, 0.15) is 0 Å². The molecule has 0 aromatic heterocycles. The number of rotatable bonds is 8. The Kier molecular flexibility index (Phi) is 6.71. The van der Waals surface area contributed by atoms with Crippen LogP contribution in [0.3, 0.4) is 0 Å². The minimum atomic E-state index is -0.0953. The molecule has 0 saturated carbocycles. The SMILES string of the molecule is C=CCN(C(=O)CNc1cc(OC)c(Cl)cc1OC)c1ccccc1. The fourth-order valence-corrected chi connectivity index (χ4v) is 2.58. The molecular formula is C19H21ClN2O3. The van der Waals surface area contributed by atoms with Gasteiger partial charge in [-0.3, -0.25) is 4.79 Å². The van der Waals surface area contributed by atoms with E-state index in [9.17, 15) is 4.79 Å². The van der Waals surface area contributed by atoms with Crippen molar-refractivity contribution in [1.82, 2.24) is 0 Å². The monoisotopic (exact) mass is 360 g/mol. The van der Waals surface area contributed by atoms with Crippen LogP contribution in [-0.2, 0) is 4.79 Å². The fourth-order valence-electron chi connectivity index (χ4n) is 2.35. The molecule has 0 bridgehead atoms. The first-order valence-corrected chi connectivity index (χ1v) is 8.10. The Morgan fingerprint density at radius 3 is 2.48 bits per heavy atom. The van der Waals surface area contributed by atoms with Crippen molar-refractivity contribution in [2.24, 2.45) is 0 Å². The van der Waals surface area contributed by atoms with E-state index < -0.39 is 0 Å². The summed E-state index contributed by atoms with van der Waals surface area (Å²) < 4.78 is 10.5. The highest BCUT2D eigenvalue weighted by atomic mass is 35.5. The largest absolute Gasteiger partial charge is 0.495 e. The van der Waals surface area contributed by atoms with Crippen molar-refractivity contribution in [3.63, 3.8) is 0 Å². The van der Waals surface area contributed by atoms with E-state index in [0.29, 0.717) is 28.8 Å². The quantitative estimate of drug-likeness (QED) is 0.723. The Morgan fingerprint density at radius 2 is 1.88 bits per heavy atom. The van der Waals surface area contributed by atoms with Gasteiger partial charge >= 0.3 is 0 Å². The van der Waals surface area contributed by atoms with E-state index in [1.54, 1.807) is 30.2 Å². The predicted octanol–water partition coefficient (Wildman–Crippen LogP) is 3.99. The van der Waals surface area contributed by atoms with Gasteiger partial charge in [0.1, 0.15) is 11.5 Å². The standard InChI is InChI=1S/C19H21ClN2O3/c1-4-10-22(14-8-6-5-7-9-14)19(23)13-21-16-12-17(24-2)15(20)11-18(16)25-3/h4-9,11-12,21H,1,10,13H2,2-3H3. The highest BCUT2D eigenvalue weighted by Crippen LogP contribution is 2.35. The maximum atomic E-state index is 12.6. The Morgan fingerprint density at radius 1 is 1.20 bits per heavy atom. The lowest BCUT2D eigenvalue weighted by Crippen LogP contribution is -2.35. The van der Waals surface area contributed by atoms with E-state index in [2.05, 4.69) is 11.9 Å². The Hall–Kier alpha value is -2.66. The number of carbonyl (C=O) groups excluding carboxylic acids is 1. The third kappa shape index (κ3) is 4.67. The maximum Gasteiger partial charge on any atom is 0.246 e. The molecule has 0 aliphatic rings. The first-order chi connectivity index (χ1) is 12.1. The van der Waals surface area contributed by atoms with Crippen molar-refractivity contribution in [2.45, 2.75) is 0 Å². The summed E-state index contributed by atoms with van der Waals surface area (Å²) in [5.41, 5.74) is 1.44. The van der Waals surface area contributed by atoms with Gasteiger partial charge in [0, 0.05) is 24.4 Å². The number of hydrogen-bond donors (Lipinski definition) is 1. The second kappa shape index (κ2) is 8.99. The summed E-state index contributed by atoms with van der Waals surface area (Å²) in [6, 6.07) is 12.8. The molecule has 2 aromatic carbocycles. The van der Waals surface area contributed by atoms with E-state index in [1.807, 2.05) is 30.3 Å². The zero-order valence-electron chi connectivity index (χ0n) is 14.3. The second-order valence-corrected chi connectivity index (χ2v) is 5.58. The third-order valence-corrected chi connectivity index (χ3v) is 3.88. The molecule has 25 heavy (non-hydrogen) atoms. The number of halogens is 1. The molecule has 2 aromatic rings. The summed E-state index contributed by atoms with van der Waals surface area (Å²) in [6.07, 6.45) is 1.69. The average Bonchev–Trinajstić information content (AvgIpc) is 2.65. The van der Waals surface area contributed by atoms with Crippen molar-refractivity contribution >= 4 is 28.9 Å². The smallest absolute Gasteiger partial charge is 0.246 e. The predicted molar refractivity (Wildman–Crippen MR) is 102 cm³/mol. The lowest BCUT2D eigenvalue weighted by atomic mass is 10.2. The maximum absolute atomic E-state index is 12.6. The summed E-state index contributed by atoms with van der Waals surface area (Å²) >= 11 is 6.10. The molecule has 0 heterocycles. The van der Waals surface area contributed by atoms with Crippen LogP contribution in [0.15, 0.2) is 55.1 Å². The fraction of sp³-hybridized carbons (Fsp3) is 0.211. The number of nitrogens with one attached hydrogen (secondary N) is 1. The molecule has 0 aliphatic heterocycles. The summed E-state index contributed by atoms with van der Waals surface area (Å²) in [5.74, 6) is 0.944. The van der Waals surface area contributed by atoms with Gasteiger partial charge in [0.25, 0.3) is 0 Å². The van der Waals surface area contributed by atoms with Crippen molar-refractivity contribution in [3.05, 3.63) is 60.1 Å². The molecule has 2 rings (SSSR count). The number of benzene rings is 2. The first-order valence-electron chi connectivity index (χ1n) is 7.72. The molecule has 0 aliphatic carbocycles. The Balaban J connectivity index is 2.16. The van der Waals surface area contributed by atoms with Crippen LogP contribution >= 0.6 is 11.6 Å². The zero-order valence-corrected chi connectivity index (χ0v) is 15.0. The summed E-state index contributed by atoms with van der Waals surface area (Å²) in [6.45, 7) is 4.23. The molecule has 0 fully saturated rings. The molecule has 0 unspecified atom stereocenters. The average molecular weight is 361 g/mol. The molecule has 0 saturated heterocycles. The van der Waals surface area contributed by atoms with Gasteiger partial charge in [0.15, 0.2) is 0 Å². The lowest BCUT2D eigenvalue weighted by Gasteiger charge is -2.22. The van der Waals surface area contributed by atoms with Gasteiger partial charge in [-0.1, -0.05) is 35.9 Å². The zero-order chi connectivity index (χ0) is 18.2. The van der Waals surface area contributed by atoms with Crippen LogP contribution in [0.5, 0.6) is 11.5 Å². The van der Waals surface area contributed by atoms with Gasteiger partial charge in [-0.15, -0.1) is 6.58 Å². The molecule has 6 heteroatoms. The summed E-state index contributed by atoms with van der Waals surface area (Å²) in [7, 11) is 3.07. The van der Waals surface area contributed by atoms with Gasteiger partial charge in [-0.2, -0.15) is 0 Å². The molecule has 132 valence electrons. The molecule has 0 spiro atoms. The lowest BCUT2D eigenvalue weighted by molar-refractivity contribution is -0.116. The first kappa shape index (κ1) is 18.7. The van der Waals surface area contributed by atoms with E-state index >= 15 is 0 Å². The van der Waals surface area contributed by atoms with Crippen LogP contribution in [-0.4, -0.2) is 33.2 Å². The van der Waals surface area contributed by atoms with Gasteiger partial charge in [0.2, 0.25) is 5.91 Å². The number of anilines is 2. The minimum Gasteiger partial charge on any atom is -0.495 e. The van der Waals surface area contributed by atoms with Gasteiger partial charge in [0.05, 0.1) is 31.5 Å². The number of para-hydroxylation sites is 1. The molecule has 0 radical (unpaired) electrons. The van der Waals surface area contributed by atoms with Gasteiger partial charge in [-0.25, -0.2) is 0 Å². The molecular weight excluding hydrogens is 340 g/mol. The van der Waals surface area contributed by atoms with E-state index in [-0.39, 0.29) is 12.5 Å². The Bertz CT molecular complexity index is 735. The molecule has 1 N–H and O–H groups in total. The molecule has 5 nitrogen and oxygen atoms in total. The number of carbonyl (C=O) groups is 1. The van der Waals surface area contributed by atoms with E-state index in [1.165, 1.54) is 7.11 Å². The highest BCUT2D eigenvalue weighted by Gasteiger charge is 2.16. The highest BCUT2D eigenvalue weighted by molar-refractivity contribution is 6.32. The van der Waals surface area contributed by atoms with Crippen molar-refractivity contribution < 1.29 is 14.3 Å². The number of methoxy groups -OCH3 is 2.